The molecule has 28 heavy (non-hydrogen) atoms. The van der Waals surface area contributed by atoms with E-state index in [9.17, 15) is 14.9 Å². The van der Waals surface area contributed by atoms with Crippen LogP contribution >= 0.6 is 0 Å². The monoisotopic (exact) mass is 384 g/mol. The number of carbonyl (C=O) groups is 1. The zero-order valence-electron chi connectivity index (χ0n) is 16.2. The number of non-ortho nitro benzene ring substituents is 1. The highest BCUT2D eigenvalue weighted by atomic mass is 16.6. The van der Waals surface area contributed by atoms with Gasteiger partial charge in [-0.25, -0.2) is 0 Å². The molecule has 1 N–H and O–H groups in total. The lowest BCUT2D eigenvalue weighted by atomic mass is 10.1. The Balaban J connectivity index is 0.000000268. The van der Waals surface area contributed by atoms with Gasteiger partial charge in [-0.05, 0) is 37.1 Å². The molecule has 1 amide bonds. The first-order valence-corrected chi connectivity index (χ1v) is 8.84. The normalized spacial score (nSPS) is 9.25. The number of nitrogens with one attached hydrogen (secondary N) is 1. The third kappa shape index (κ3) is 7.77. The van der Waals surface area contributed by atoms with Crippen molar-refractivity contribution in [2.75, 3.05) is 6.54 Å². The summed E-state index contributed by atoms with van der Waals surface area (Å²) in [6.45, 7) is 6.49. The summed E-state index contributed by atoms with van der Waals surface area (Å²) in [6.07, 6.45) is 5.08. The predicted molar refractivity (Wildman–Crippen MR) is 107 cm³/mol. The molecule has 0 spiro atoms. The molecule has 8 heteroatoms. The molecule has 0 fully saturated rings. The fourth-order valence-corrected chi connectivity index (χ4v) is 2.07. The number of rotatable bonds is 6. The minimum atomic E-state index is -0.435. The van der Waals surface area contributed by atoms with Gasteiger partial charge < -0.3 is 9.84 Å². The number of amides is 1. The maximum atomic E-state index is 10.4. The van der Waals surface area contributed by atoms with Gasteiger partial charge in [-0.15, -0.1) is 0 Å². The molecule has 1 aromatic carbocycles. The Kier molecular flexibility index (Phi) is 10.2. The predicted octanol–water partition coefficient (Wildman–Crippen LogP) is 3.95. The molecular formula is C20H24N4O4. The van der Waals surface area contributed by atoms with Crippen LogP contribution in [0.5, 0.6) is 0 Å². The summed E-state index contributed by atoms with van der Waals surface area (Å²) in [5, 5.41) is 16.8. The van der Waals surface area contributed by atoms with Crippen LogP contribution in [-0.2, 0) is 11.2 Å². The number of pyridine rings is 1. The highest BCUT2D eigenvalue weighted by molar-refractivity contribution is 5.59. The molecule has 0 aliphatic heterocycles. The van der Waals surface area contributed by atoms with Crippen molar-refractivity contribution in [3.8, 4) is 11.3 Å². The van der Waals surface area contributed by atoms with Crippen LogP contribution in [0.2, 0.25) is 0 Å². The summed E-state index contributed by atoms with van der Waals surface area (Å²) >= 11 is 0. The van der Waals surface area contributed by atoms with Crippen molar-refractivity contribution in [1.82, 2.24) is 15.5 Å². The summed E-state index contributed by atoms with van der Waals surface area (Å²) in [6, 6.07) is 11.8. The number of hydrogen-bond acceptors (Lipinski definition) is 6. The quantitative estimate of drug-likeness (QED) is 0.298. The molecule has 3 rings (SSSR count). The van der Waals surface area contributed by atoms with E-state index >= 15 is 0 Å². The Bertz CT molecular complexity index is 833. The van der Waals surface area contributed by atoms with Crippen LogP contribution in [0.1, 0.15) is 25.1 Å². The van der Waals surface area contributed by atoms with Crippen molar-refractivity contribution >= 4 is 12.1 Å². The van der Waals surface area contributed by atoms with Crippen molar-refractivity contribution in [3.05, 3.63) is 76.2 Å². The molecule has 0 atom stereocenters. The van der Waals surface area contributed by atoms with Crippen LogP contribution in [0.4, 0.5) is 5.69 Å². The highest BCUT2D eigenvalue weighted by Gasteiger charge is 2.07. The molecule has 0 aliphatic rings. The van der Waals surface area contributed by atoms with E-state index in [1.165, 1.54) is 12.1 Å². The van der Waals surface area contributed by atoms with Gasteiger partial charge in [0.15, 0.2) is 5.76 Å². The highest BCUT2D eigenvalue weighted by Crippen LogP contribution is 2.22. The van der Waals surface area contributed by atoms with Gasteiger partial charge in [-0.3, -0.25) is 19.9 Å². The molecule has 0 radical (unpaired) electrons. The van der Waals surface area contributed by atoms with Gasteiger partial charge in [0.25, 0.3) is 5.69 Å². The topological polar surface area (TPSA) is 111 Å². The smallest absolute Gasteiger partial charge is 0.269 e. The molecule has 0 saturated carbocycles. The first-order valence-electron chi connectivity index (χ1n) is 8.84. The van der Waals surface area contributed by atoms with Gasteiger partial charge in [0.05, 0.1) is 10.6 Å². The Hall–Kier alpha value is -3.55. The maximum Gasteiger partial charge on any atom is 0.269 e. The fourth-order valence-electron chi connectivity index (χ4n) is 2.07. The molecule has 0 aliphatic carbocycles. The lowest BCUT2D eigenvalue weighted by Crippen LogP contribution is -2.14. The SMILES string of the molecule is CC.Cc1cc(-c2ccc([N+](=O)[O-])cc2)on1.O=CNCCc1cccnc1. The van der Waals surface area contributed by atoms with Gasteiger partial charge in [0.2, 0.25) is 6.41 Å². The minimum Gasteiger partial charge on any atom is -0.358 e. The molecule has 2 heterocycles. The second kappa shape index (κ2) is 12.7. The standard InChI is InChI=1S/C10H8N2O3.C8H10N2O.C2H6/c1-7-6-10(15-11-7)8-2-4-9(5-3-8)12(13)14;11-7-10-5-3-8-2-1-4-9-6-8;1-2/h2-6H,1H3;1-2,4,6-7H,3,5H2,(H,10,11);1-2H3. The molecule has 3 aromatic rings. The number of nitro benzene ring substituents is 1. The van der Waals surface area contributed by atoms with E-state index in [-0.39, 0.29) is 5.69 Å². The number of aryl methyl sites for hydroxylation is 1. The molecule has 2 aromatic heterocycles. The van der Waals surface area contributed by atoms with Gasteiger partial charge in [0.1, 0.15) is 0 Å². The van der Waals surface area contributed by atoms with E-state index in [1.54, 1.807) is 30.6 Å². The number of nitrogens with zero attached hydrogens (tertiary/aromatic N) is 3. The summed E-state index contributed by atoms with van der Waals surface area (Å²) in [4.78, 5) is 23.8. The fraction of sp³-hybridized carbons (Fsp3) is 0.250. The van der Waals surface area contributed by atoms with Crippen LogP contribution in [0.3, 0.4) is 0 Å². The molecule has 8 nitrogen and oxygen atoms in total. The van der Waals surface area contributed by atoms with Crippen molar-refractivity contribution < 1.29 is 14.2 Å². The summed E-state index contributed by atoms with van der Waals surface area (Å²) in [5.41, 5.74) is 2.77. The van der Waals surface area contributed by atoms with Crippen LogP contribution in [0.25, 0.3) is 11.3 Å². The van der Waals surface area contributed by atoms with E-state index in [4.69, 9.17) is 4.52 Å². The molecule has 0 unspecified atom stereocenters. The number of nitro groups is 1. The van der Waals surface area contributed by atoms with Crippen LogP contribution in [0, 0.1) is 17.0 Å². The third-order valence-electron chi connectivity index (χ3n) is 3.35. The van der Waals surface area contributed by atoms with Gasteiger partial charge in [-0.1, -0.05) is 25.1 Å². The maximum absolute atomic E-state index is 10.4. The van der Waals surface area contributed by atoms with E-state index in [0.717, 1.165) is 23.2 Å². The van der Waals surface area contributed by atoms with Gasteiger partial charge in [0, 0.05) is 42.7 Å². The van der Waals surface area contributed by atoms with Crippen molar-refractivity contribution in [2.45, 2.75) is 27.2 Å². The van der Waals surface area contributed by atoms with E-state index in [2.05, 4.69) is 15.5 Å². The van der Waals surface area contributed by atoms with Crippen molar-refractivity contribution in [3.63, 3.8) is 0 Å². The number of benzene rings is 1. The average Bonchev–Trinajstić information content (AvgIpc) is 3.17. The lowest BCUT2D eigenvalue weighted by molar-refractivity contribution is -0.384. The zero-order valence-corrected chi connectivity index (χ0v) is 16.2. The van der Waals surface area contributed by atoms with E-state index in [0.29, 0.717) is 18.7 Å². The van der Waals surface area contributed by atoms with Crippen molar-refractivity contribution in [1.29, 1.82) is 0 Å². The van der Waals surface area contributed by atoms with Crippen molar-refractivity contribution in [2.24, 2.45) is 0 Å². The Labute approximate surface area is 163 Å². The van der Waals surface area contributed by atoms with Crippen LogP contribution in [0.15, 0.2) is 59.4 Å². The summed E-state index contributed by atoms with van der Waals surface area (Å²) in [5.74, 6) is 0.613. The second-order valence-corrected chi connectivity index (χ2v) is 5.32. The number of aromatic nitrogens is 2. The molecule has 0 bridgehead atoms. The summed E-state index contributed by atoms with van der Waals surface area (Å²) < 4.78 is 5.03. The zero-order chi connectivity index (χ0) is 20.8. The Morgan fingerprint density at radius 3 is 2.43 bits per heavy atom. The van der Waals surface area contributed by atoms with Gasteiger partial charge in [-0.2, -0.15) is 0 Å². The first kappa shape index (κ1) is 22.5. The third-order valence-corrected chi connectivity index (χ3v) is 3.35. The van der Waals surface area contributed by atoms with E-state index in [1.807, 2.05) is 32.9 Å². The number of carbonyl (C=O) groups excluding carboxylic acids is 1. The van der Waals surface area contributed by atoms with Crippen LogP contribution < -0.4 is 5.32 Å². The lowest BCUT2D eigenvalue weighted by Gasteiger charge is -1.97. The minimum absolute atomic E-state index is 0.0648. The summed E-state index contributed by atoms with van der Waals surface area (Å²) in [7, 11) is 0. The van der Waals surface area contributed by atoms with Gasteiger partial charge >= 0.3 is 0 Å². The second-order valence-electron chi connectivity index (χ2n) is 5.32. The molecular weight excluding hydrogens is 360 g/mol. The Morgan fingerprint density at radius 1 is 1.21 bits per heavy atom. The van der Waals surface area contributed by atoms with E-state index < -0.39 is 4.92 Å². The first-order chi connectivity index (χ1) is 13.6. The largest absolute Gasteiger partial charge is 0.358 e. The average molecular weight is 384 g/mol. The Morgan fingerprint density at radius 2 is 1.93 bits per heavy atom. The van der Waals surface area contributed by atoms with Crippen LogP contribution in [-0.4, -0.2) is 28.0 Å². The number of hydrogen-bond donors (Lipinski definition) is 1. The molecule has 148 valence electrons. The molecule has 0 saturated heterocycles.